The van der Waals surface area contributed by atoms with Crippen LogP contribution in [0.3, 0.4) is 0 Å². The van der Waals surface area contributed by atoms with Gasteiger partial charge < -0.3 is 9.64 Å². The van der Waals surface area contributed by atoms with E-state index in [9.17, 15) is 9.59 Å². The van der Waals surface area contributed by atoms with Crippen LogP contribution in [-0.2, 0) is 4.79 Å². The summed E-state index contributed by atoms with van der Waals surface area (Å²) in [6.07, 6.45) is 2.06. The van der Waals surface area contributed by atoms with Gasteiger partial charge in [0.1, 0.15) is 5.75 Å². The summed E-state index contributed by atoms with van der Waals surface area (Å²) in [5.41, 5.74) is 0.728. The molecule has 4 nitrogen and oxygen atoms in total. The molecule has 0 bridgehead atoms. The van der Waals surface area contributed by atoms with E-state index in [1.807, 2.05) is 36.1 Å². The van der Waals surface area contributed by atoms with Crippen molar-refractivity contribution >= 4 is 11.7 Å². The van der Waals surface area contributed by atoms with Crippen molar-refractivity contribution in [3.8, 4) is 5.75 Å². The van der Waals surface area contributed by atoms with Crippen LogP contribution in [0.1, 0.15) is 36.5 Å². The molecular weight excluding hydrogens is 254 g/mol. The van der Waals surface area contributed by atoms with Crippen LogP contribution in [0.2, 0.25) is 0 Å². The number of ether oxygens (including phenoxy) is 1. The Morgan fingerprint density at radius 2 is 1.80 bits per heavy atom. The molecule has 0 unspecified atom stereocenters. The summed E-state index contributed by atoms with van der Waals surface area (Å²) < 4.78 is 5.09. The standard InChI is InChI=1S/C16H21NO3/c1-3-15(18)17-10-8-13(9-11-17)16(19)12-4-6-14(20-2)7-5-12/h4-7,13H,3,8-11H2,1-2H3. The number of carbonyl (C=O) groups excluding carboxylic acids is 2. The SMILES string of the molecule is CCC(=O)N1CCC(C(=O)c2ccc(OC)cc2)CC1. The molecule has 0 spiro atoms. The molecule has 4 heteroatoms. The third-order valence-electron chi connectivity index (χ3n) is 3.90. The molecule has 0 saturated carbocycles. The van der Waals surface area contributed by atoms with Crippen LogP contribution >= 0.6 is 0 Å². The molecule has 1 aromatic rings. The van der Waals surface area contributed by atoms with Crippen molar-refractivity contribution in [1.82, 2.24) is 4.90 Å². The average molecular weight is 275 g/mol. The largest absolute Gasteiger partial charge is 0.497 e. The molecule has 0 N–H and O–H groups in total. The second-order valence-electron chi connectivity index (χ2n) is 5.10. The number of nitrogens with zero attached hydrogens (tertiary/aromatic N) is 1. The highest BCUT2D eigenvalue weighted by Crippen LogP contribution is 2.23. The van der Waals surface area contributed by atoms with Crippen LogP contribution in [0.5, 0.6) is 5.75 Å². The van der Waals surface area contributed by atoms with Crippen LogP contribution in [-0.4, -0.2) is 36.8 Å². The normalized spacial score (nSPS) is 16.0. The number of piperidine rings is 1. The Labute approximate surface area is 119 Å². The Morgan fingerprint density at radius 3 is 2.30 bits per heavy atom. The first-order valence-corrected chi connectivity index (χ1v) is 7.11. The third-order valence-corrected chi connectivity index (χ3v) is 3.90. The predicted molar refractivity (Wildman–Crippen MR) is 76.9 cm³/mol. The Morgan fingerprint density at radius 1 is 1.20 bits per heavy atom. The van der Waals surface area contributed by atoms with Crippen LogP contribution < -0.4 is 4.74 Å². The van der Waals surface area contributed by atoms with E-state index < -0.39 is 0 Å². The number of Topliss-reactive ketones (excluding diaryl/α,β-unsaturated/α-hetero) is 1. The van der Waals surface area contributed by atoms with Gasteiger partial charge in [0.25, 0.3) is 0 Å². The minimum Gasteiger partial charge on any atom is -0.497 e. The van der Waals surface area contributed by atoms with Crippen molar-refractivity contribution in [1.29, 1.82) is 0 Å². The molecule has 0 aromatic heterocycles. The number of carbonyl (C=O) groups is 2. The smallest absolute Gasteiger partial charge is 0.222 e. The Hall–Kier alpha value is -1.84. The number of hydrogen-bond donors (Lipinski definition) is 0. The molecule has 0 aliphatic carbocycles. The maximum Gasteiger partial charge on any atom is 0.222 e. The summed E-state index contributed by atoms with van der Waals surface area (Å²) in [6, 6.07) is 7.24. The lowest BCUT2D eigenvalue weighted by atomic mass is 9.89. The lowest BCUT2D eigenvalue weighted by Crippen LogP contribution is -2.39. The summed E-state index contributed by atoms with van der Waals surface area (Å²) >= 11 is 0. The zero-order valence-corrected chi connectivity index (χ0v) is 12.1. The van der Waals surface area contributed by atoms with E-state index >= 15 is 0 Å². The predicted octanol–water partition coefficient (Wildman–Crippen LogP) is 2.53. The van der Waals surface area contributed by atoms with Gasteiger partial charge in [-0.1, -0.05) is 6.92 Å². The minimum absolute atomic E-state index is 0.0318. The van der Waals surface area contributed by atoms with Crippen molar-refractivity contribution in [3.05, 3.63) is 29.8 Å². The number of hydrogen-bond acceptors (Lipinski definition) is 3. The van der Waals surface area contributed by atoms with E-state index in [1.54, 1.807) is 7.11 Å². The monoisotopic (exact) mass is 275 g/mol. The first-order chi connectivity index (χ1) is 9.65. The molecule has 1 aromatic carbocycles. The van der Waals surface area contributed by atoms with Crippen molar-refractivity contribution < 1.29 is 14.3 Å². The summed E-state index contributed by atoms with van der Waals surface area (Å²) in [6.45, 7) is 3.26. The molecule has 1 aliphatic heterocycles. The molecule has 1 heterocycles. The zero-order chi connectivity index (χ0) is 14.5. The Kier molecular flexibility index (Phi) is 4.77. The third kappa shape index (κ3) is 3.18. The van der Waals surface area contributed by atoms with E-state index in [0.29, 0.717) is 19.5 Å². The topological polar surface area (TPSA) is 46.6 Å². The summed E-state index contributed by atoms with van der Waals surface area (Å²) in [4.78, 5) is 25.9. The highest BCUT2D eigenvalue weighted by molar-refractivity contribution is 5.98. The van der Waals surface area contributed by atoms with Gasteiger partial charge in [0.2, 0.25) is 5.91 Å². The number of likely N-dealkylation sites (tertiary alicyclic amines) is 1. The first kappa shape index (κ1) is 14.6. The lowest BCUT2D eigenvalue weighted by Gasteiger charge is -2.31. The summed E-state index contributed by atoms with van der Waals surface area (Å²) in [5.74, 6) is 1.14. The second kappa shape index (κ2) is 6.55. The molecule has 0 radical (unpaired) electrons. The van der Waals surface area contributed by atoms with Crippen molar-refractivity contribution in [2.45, 2.75) is 26.2 Å². The Balaban J connectivity index is 1.95. The Bertz CT molecular complexity index is 473. The van der Waals surface area contributed by atoms with Gasteiger partial charge in [-0.15, -0.1) is 0 Å². The second-order valence-corrected chi connectivity index (χ2v) is 5.10. The molecule has 0 atom stereocenters. The van der Waals surface area contributed by atoms with E-state index in [2.05, 4.69) is 0 Å². The highest BCUT2D eigenvalue weighted by atomic mass is 16.5. The van der Waals surface area contributed by atoms with Gasteiger partial charge in [0, 0.05) is 31.0 Å². The average Bonchev–Trinajstić information content (AvgIpc) is 2.53. The fourth-order valence-electron chi connectivity index (χ4n) is 2.61. The number of benzene rings is 1. The van der Waals surface area contributed by atoms with E-state index in [4.69, 9.17) is 4.74 Å². The maximum absolute atomic E-state index is 12.4. The van der Waals surface area contributed by atoms with Gasteiger partial charge in [-0.05, 0) is 37.1 Å². The van der Waals surface area contributed by atoms with Gasteiger partial charge in [-0.2, -0.15) is 0 Å². The van der Waals surface area contributed by atoms with Crippen molar-refractivity contribution in [2.75, 3.05) is 20.2 Å². The van der Waals surface area contributed by atoms with Crippen LogP contribution in [0.25, 0.3) is 0 Å². The fourth-order valence-corrected chi connectivity index (χ4v) is 2.61. The van der Waals surface area contributed by atoms with Crippen LogP contribution in [0.4, 0.5) is 0 Å². The first-order valence-electron chi connectivity index (χ1n) is 7.11. The number of amides is 1. The molecule has 1 saturated heterocycles. The van der Waals surface area contributed by atoms with Crippen LogP contribution in [0, 0.1) is 5.92 Å². The molecular formula is C16H21NO3. The van der Waals surface area contributed by atoms with Crippen LogP contribution in [0.15, 0.2) is 24.3 Å². The molecule has 2 rings (SSSR count). The van der Waals surface area contributed by atoms with Gasteiger partial charge in [-0.25, -0.2) is 0 Å². The number of rotatable bonds is 4. The van der Waals surface area contributed by atoms with Crippen molar-refractivity contribution in [2.24, 2.45) is 5.92 Å². The molecule has 1 aliphatic rings. The van der Waals surface area contributed by atoms with E-state index in [1.165, 1.54) is 0 Å². The van der Waals surface area contributed by atoms with E-state index in [-0.39, 0.29) is 17.6 Å². The summed E-state index contributed by atoms with van der Waals surface area (Å²) in [5, 5.41) is 0. The number of methoxy groups -OCH3 is 1. The lowest BCUT2D eigenvalue weighted by molar-refractivity contribution is -0.132. The quantitative estimate of drug-likeness (QED) is 0.793. The van der Waals surface area contributed by atoms with Gasteiger partial charge in [0.05, 0.1) is 7.11 Å². The number of ketones is 1. The highest BCUT2D eigenvalue weighted by Gasteiger charge is 2.27. The van der Waals surface area contributed by atoms with E-state index in [0.717, 1.165) is 24.2 Å². The zero-order valence-electron chi connectivity index (χ0n) is 12.1. The van der Waals surface area contributed by atoms with Gasteiger partial charge in [0.15, 0.2) is 5.78 Å². The van der Waals surface area contributed by atoms with Gasteiger partial charge in [-0.3, -0.25) is 9.59 Å². The summed E-state index contributed by atoms with van der Waals surface area (Å²) in [7, 11) is 1.61. The molecule has 1 amide bonds. The molecule has 1 fully saturated rings. The van der Waals surface area contributed by atoms with Crippen molar-refractivity contribution in [3.63, 3.8) is 0 Å². The van der Waals surface area contributed by atoms with Gasteiger partial charge >= 0.3 is 0 Å². The fraction of sp³-hybridized carbons (Fsp3) is 0.500. The molecule has 20 heavy (non-hydrogen) atoms. The molecule has 108 valence electrons. The minimum atomic E-state index is 0.0318. The maximum atomic E-state index is 12.4.